The van der Waals surface area contributed by atoms with Gasteiger partial charge in [0.25, 0.3) is 0 Å². The molecule has 1 aromatic rings. The van der Waals surface area contributed by atoms with Gasteiger partial charge >= 0.3 is 0 Å². The lowest BCUT2D eigenvalue weighted by atomic mass is 9.83. The van der Waals surface area contributed by atoms with E-state index in [9.17, 15) is 18.8 Å². The molecular weight excluding hydrogens is 436 g/mol. The zero-order valence-electron chi connectivity index (χ0n) is 19.0. The first-order valence-electron chi connectivity index (χ1n) is 11.6. The molecule has 2 fully saturated rings. The Balaban J connectivity index is 1.30. The molecule has 6 nitrogen and oxygen atoms in total. The van der Waals surface area contributed by atoms with Crippen LogP contribution in [0.4, 0.5) is 8.78 Å². The Hall–Kier alpha value is -3.44. The molecule has 3 aliphatic heterocycles. The smallest absolute Gasteiger partial charge is 0.247 e. The predicted molar refractivity (Wildman–Crippen MR) is 124 cm³/mol. The van der Waals surface area contributed by atoms with Gasteiger partial charge in [0.2, 0.25) is 5.91 Å². The van der Waals surface area contributed by atoms with Crippen LogP contribution in [-0.4, -0.2) is 30.1 Å². The van der Waals surface area contributed by atoms with Crippen LogP contribution in [0.5, 0.6) is 0 Å². The lowest BCUT2D eigenvalue weighted by molar-refractivity contribution is -0.132. The highest BCUT2D eigenvalue weighted by Gasteiger charge is 2.57. The van der Waals surface area contributed by atoms with Crippen LogP contribution in [-0.2, 0) is 11.3 Å². The van der Waals surface area contributed by atoms with Gasteiger partial charge in [0, 0.05) is 31.0 Å². The van der Waals surface area contributed by atoms with Crippen molar-refractivity contribution in [3.05, 3.63) is 76.8 Å². The number of nitrogens with one attached hydrogen (secondary N) is 3. The molecule has 2 atom stereocenters. The zero-order chi connectivity index (χ0) is 23.9. The Labute approximate surface area is 197 Å². The molecule has 176 valence electrons. The first-order valence-corrected chi connectivity index (χ1v) is 11.6. The first kappa shape index (κ1) is 22.4. The quantitative estimate of drug-likeness (QED) is 0.562. The molecule has 34 heavy (non-hydrogen) atoms. The average Bonchev–Trinajstić information content (AvgIpc) is 3.61. The Morgan fingerprint density at radius 3 is 2.82 bits per heavy atom. The lowest BCUT2D eigenvalue weighted by Crippen LogP contribution is -2.43. The zero-order valence-corrected chi connectivity index (χ0v) is 19.0. The van der Waals surface area contributed by atoms with E-state index in [-0.39, 0.29) is 23.8 Å². The second kappa shape index (κ2) is 8.73. The van der Waals surface area contributed by atoms with Crippen LogP contribution in [0.1, 0.15) is 37.3 Å². The normalized spacial score (nSPS) is 26.6. The van der Waals surface area contributed by atoms with Gasteiger partial charge in [-0.15, -0.1) is 0 Å². The van der Waals surface area contributed by atoms with Gasteiger partial charge < -0.3 is 15.5 Å². The van der Waals surface area contributed by atoms with Gasteiger partial charge in [-0.25, -0.2) is 4.39 Å². The molecule has 1 saturated carbocycles. The fourth-order valence-electron chi connectivity index (χ4n) is 5.03. The SMILES string of the molecule is CC1=CC(N2CCC(C#N)(C3CC3)C2=O)=CC(NCc2cc(F)cc(C3=CCNC(F)=C3)c2)N1. The van der Waals surface area contributed by atoms with Crippen molar-refractivity contribution < 1.29 is 13.6 Å². The van der Waals surface area contributed by atoms with Crippen LogP contribution >= 0.6 is 0 Å². The maximum atomic E-state index is 14.3. The van der Waals surface area contributed by atoms with Gasteiger partial charge in [-0.1, -0.05) is 6.08 Å². The van der Waals surface area contributed by atoms with E-state index < -0.39 is 11.4 Å². The lowest BCUT2D eigenvalue weighted by Gasteiger charge is -2.28. The number of benzene rings is 1. The topological polar surface area (TPSA) is 80.2 Å². The van der Waals surface area contributed by atoms with E-state index in [0.717, 1.165) is 29.8 Å². The maximum Gasteiger partial charge on any atom is 0.247 e. The number of nitrogens with zero attached hydrogens (tertiary/aromatic N) is 2. The van der Waals surface area contributed by atoms with Crippen molar-refractivity contribution in [1.82, 2.24) is 20.9 Å². The summed E-state index contributed by atoms with van der Waals surface area (Å²) in [6.45, 7) is 3.18. The molecule has 1 aromatic carbocycles. The molecule has 0 spiro atoms. The summed E-state index contributed by atoms with van der Waals surface area (Å²) in [6, 6.07) is 7.02. The summed E-state index contributed by atoms with van der Waals surface area (Å²) < 4.78 is 27.9. The van der Waals surface area contributed by atoms with E-state index >= 15 is 0 Å². The van der Waals surface area contributed by atoms with Crippen molar-refractivity contribution in [2.75, 3.05) is 13.1 Å². The maximum absolute atomic E-state index is 14.3. The largest absolute Gasteiger partial charge is 0.370 e. The highest BCUT2D eigenvalue weighted by atomic mass is 19.1. The van der Waals surface area contributed by atoms with Gasteiger partial charge in [0.15, 0.2) is 5.95 Å². The fourth-order valence-corrected chi connectivity index (χ4v) is 5.03. The molecule has 3 heterocycles. The molecule has 0 aromatic heterocycles. The number of rotatable bonds is 6. The van der Waals surface area contributed by atoms with Crippen LogP contribution in [0.2, 0.25) is 0 Å². The summed E-state index contributed by atoms with van der Waals surface area (Å²) in [5.41, 5.74) is 2.76. The molecule has 1 aliphatic carbocycles. The van der Waals surface area contributed by atoms with Gasteiger partial charge in [-0.3, -0.25) is 10.1 Å². The van der Waals surface area contributed by atoms with E-state index in [2.05, 4.69) is 22.0 Å². The highest BCUT2D eigenvalue weighted by molar-refractivity contribution is 5.90. The third kappa shape index (κ3) is 4.24. The standard InChI is InChI=1S/C26H27F2N5O/c1-16-8-22(33-7-5-26(15-29,25(33)34)20-2-3-20)13-24(32-16)31-14-17-9-19(11-21(27)10-17)18-4-6-30-23(28)12-18/h4,8-13,20,24,30-32H,2-3,5-7,14H2,1H3. The average molecular weight is 464 g/mol. The van der Waals surface area contributed by atoms with Crippen LogP contribution in [0.3, 0.4) is 0 Å². The van der Waals surface area contributed by atoms with Crippen molar-refractivity contribution in [2.45, 2.75) is 38.9 Å². The number of halogens is 2. The van der Waals surface area contributed by atoms with Crippen LogP contribution in [0.15, 0.2) is 59.8 Å². The number of allylic oxidation sites excluding steroid dienone is 4. The van der Waals surface area contributed by atoms with Crippen molar-refractivity contribution in [1.29, 1.82) is 5.26 Å². The molecule has 1 amide bonds. The summed E-state index contributed by atoms with van der Waals surface area (Å²) in [4.78, 5) is 14.9. The summed E-state index contributed by atoms with van der Waals surface area (Å²) in [7, 11) is 0. The molecule has 0 radical (unpaired) electrons. The third-order valence-electron chi connectivity index (χ3n) is 6.92. The van der Waals surface area contributed by atoms with Crippen molar-refractivity contribution >= 4 is 11.5 Å². The number of likely N-dealkylation sites (tertiary alicyclic amines) is 1. The highest BCUT2D eigenvalue weighted by Crippen LogP contribution is 2.52. The Kier molecular flexibility index (Phi) is 5.74. The van der Waals surface area contributed by atoms with Crippen molar-refractivity contribution in [3.8, 4) is 6.07 Å². The van der Waals surface area contributed by atoms with E-state index in [4.69, 9.17) is 0 Å². The van der Waals surface area contributed by atoms with Gasteiger partial charge in [-0.2, -0.15) is 9.65 Å². The summed E-state index contributed by atoms with van der Waals surface area (Å²) >= 11 is 0. The van der Waals surface area contributed by atoms with E-state index in [1.807, 2.05) is 31.2 Å². The number of nitriles is 1. The fraction of sp³-hybridized carbons (Fsp3) is 0.385. The minimum atomic E-state index is -0.883. The third-order valence-corrected chi connectivity index (χ3v) is 6.92. The molecule has 5 rings (SSSR count). The minimum absolute atomic E-state index is 0.0984. The molecule has 0 bridgehead atoms. The number of carbonyl (C=O) groups is 1. The van der Waals surface area contributed by atoms with Crippen LogP contribution in [0.25, 0.3) is 5.57 Å². The predicted octanol–water partition coefficient (Wildman–Crippen LogP) is 3.58. The Bertz CT molecular complexity index is 1190. The first-order chi connectivity index (χ1) is 16.4. The second-order valence-electron chi connectivity index (χ2n) is 9.37. The molecule has 8 heteroatoms. The second-order valence-corrected chi connectivity index (χ2v) is 9.37. The van der Waals surface area contributed by atoms with Crippen LogP contribution in [0, 0.1) is 28.5 Å². The molecule has 3 N–H and O–H groups in total. The van der Waals surface area contributed by atoms with E-state index in [1.54, 1.807) is 4.90 Å². The summed E-state index contributed by atoms with van der Waals surface area (Å²) in [6.07, 6.45) is 9.20. The monoisotopic (exact) mass is 463 g/mol. The van der Waals surface area contributed by atoms with E-state index in [1.165, 1.54) is 18.2 Å². The Morgan fingerprint density at radius 2 is 2.09 bits per heavy atom. The van der Waals surface area contributed by atoms with Crippen LogP contribution < -0.4 is 16.0 Å². The molecular formula is C26H27F2N5O. The number of amides is 1. The minimum Gasteiger partial charge on any atom is -0.370 e. The van der Waals surface area contributed by atoms with Crippen molar-refractivity contribution in [3.63, 3.8) is 0 Å². The van der Waals surface area contributed by atoms with E-state index in [0.29, 0.717) is 37.2 Å². The molecule has 4 aliphatic rings. The van der Waals surface area contributed by atoms with Gasteiger partial charge in [0.1, 0.15) is 11.2 Å². The number of dihydropyridines is 2. The number of hydrogen-bond donors (Lipinski definition) is 3. The Morgan fingerprint density at radius 1 is 1.26 bits per heavy atom. The summed E-state index contributed by atoms with van der Waals surface area (Å²) in [5.74, 6) is -0.746. The van der Waals surface area contributed by atoms with Crippen molar-refractivity contribution in [2.24, 2.45) is 11.3 Å². The molecule has 2 unspecified atom stereocenters. The molecule has 1 saturated heterocycles. The van der Waals surface area contributed by atoms with Gasteiger partial charge in [-0.05, 0) is 85.2 Å². The van der Waals surface area contributed by atoms with Gasteiger partial charge in [0.05, 0.1) is 12.2 Å². The number of carbonyl (C=O) groups excluding carboxylic acids is 1. The summed E-state index contributed by atoms with van der Waals surface area (Å²) in [5, 5.41) is 19.0. The number of hydrogen-bond acceptors (Lipinski definition) is 5.